The number of carbonyl (C=O) groups excluding carboxylic acids is 1. The summed E-state index contributed by atoms with van der Waals surface area (Å²) in [5.41, 5.74) is 0.276. The molecule has 0 atom stereocenters. The van der Waals surface area contributed by atoms with E-state index in [-0.39, 0.29) is 5.56 Å². The van der Waals surface area contributed by atoms with E-state index in [2.05, 4.69) is 9.72 Å². The van der Waals surface area contributed by atoms with Crippen LogP contribution in [0.5, 0.6) is 5.75 Å². The van der Waals surface area contributed by atoms with Crippen molar-refractivity contribution in [1.82, 2.24) is 9.55 Å². The van der Waals surface area contributed by atoms with Crippen LogP contribution >= 0.6 is 0 Å². The molecule has 2 rings (SSSR count). The smallest absolute Gasteiger partial charge is 0.331 e. The molecule has 0 aliphatic heterocycles. The standard InChI is InChI=1S/C13H12N2O4/c1-18-9-3-4-11-10(7-9)13(17)15(8-14-11)6-5-12(16)19-2/h3-8H,1-2H3/b6-5+. The Hall–Kier alpha value is -2.63. The molecule has 0 N–H and O–H groups in total. The SMILES string of the molecule is COC(=O)/C=C/n1cnc2ccc(OC)cc2c1=O. The Balaban J connectivity index is 2.53. The fraction of sp³-hybridized carbons (Fsp3) is 0.154. The quantitative estimate of drug-likeness (QED) is 0.609. The maximum Gasteiger partial charge on any atom is 0.331 e. The van der Waals surface area contributed by atoms with Gasteiger partial charge < -0.3 is 9.47 Å². The number of hydrogen-bond acceptors (Lipinski definition) is 5. The van der Waals surface area contributed by atoms with E-state index in [1.54, 1.807) is 18.2 Å². The van der Waals surface area contributed by atoms with E-state index in [9.17, 15) is 9.59 Å². The lowest BCUT2D eigenvalue weighted by Crippen LogP contribution is -2.16. The second kappa shape index (κ2) is 5.34. The van der Waals surface area contributed by atoms with Crippen molar-refractivity contribution >= 4 is 23.1 Å². The van der Waals surface area contributed by atoms with Gasteiger partial charge in [0, 0.05) is 12.3 Å². The predicted octanol–water partition coefficient (Wildman–Crippen LogP) is 1.05. The lowest BCUT2D eigenvalue weighted by atomic mass is 10.2. The maximum atomic E-state index is 12.2. The van der Waals surface area contributed by atoms with Crippen LogP contribution in [0.3, 0.4) is 0 Å². The predicted molar refractivity (Wildman–Crippen MR) is 69.9 cm³/mol. The van der Waals surface area contributed by atoms with Gasteiger partial charge in [0.05, 0.1) is 25.1 Å². The number of ether oxygens (including phenoxy) is 2. The minimum absolute atomic E-state index is 0.288. The van der Waals surface area contributed by atoms with Crippen LogP contribution in [0.1, 0.15) is 0 Å². The van der Waals surface area contributed by atoms with Gasteiger partial charge >= 0.3 is 5.97 Å². The molecule has 0 saturated carbocycles. The Labute approximate surface area is 108 Å². The van der Waals surface area contributed by atoms with Crippen LogP contribution in [-0.4, -0.2) is 29.7 Å². The number of rotatable bonds is 3. The molecule has 0 amide bonds. The molecular weight excluding hydrogens is 248 g/mol. The first-order chi connectivity index (χ1) is 9.15. The molecular formula is C13H12N2O4. The van der Waals surface area contributed by atoms with Crippen LogP contribution in [0.25, 0.3) is 17.1 Å². The third-order valence-electron chi connectivity index (χ3n) is 2.56. The molecule has 0 aliphatic rings. The highest BCUT2D eigenvalue weighted by molar-refractivity contribution is 5.85. The highest BCUT2D eigenvalue weighted by Crippen LogP contribution is 2.15. The highest BCUT2D eigenvalue weighted by atomic mass is 16.5. The van der Waals surface area contributed by atoms with Crippen molar-refractivity contribution in [2.24, 2.45) is 0 Å². The fourth-order valence-corrected chi connectivity index (χ4v) is 1.56. The molecule has 1 heterocycles. The Kier molecular flexibility index (Phi) is 3.61. The second-order valence-electron chi connectivity index (χ2n) is 3.68. The zero-order chi connectivity index (χ0) is 13.8. The first-order valence-electron chi connectivity index (χ1n) is 5.46. The Morgan fingerprint density at radius 1 is 1.37 bits per heavy atom. The lowest BCUT2D eigenvalue weighted by molar-refractivity contribution is -0.134. The first-order valence-corrected chi connectivity index (χ1v) is 5.46. The van der Waals surface area contributed by atoms with Gasteiger partial charge in [-0.1, -0.05) is 0 Å². The zero-order valence-corrected chi connectivity index (χ0v) is 10.5. The molecule has 0 spiro atoms. The van der Waals surface area contributed by atoms with Gasteiger partial charge in [-0.25, -0.2) is 9.78 Å². The van der Waals surface area contributed by atoms with Crippen molar-refractivity contribution in [3.05, 3.63) is 41.0 Å². The molecule has 6 nitrogen and oxygen atoms in total. The van der Waals surface area contributed by atoms with Crippen molar-refractivity contribution in [2.75, 3.05) is 14.2 Å². The van der Waals surface area contributed by atoms with E-state index in [0.717, 1.165) is 6.08 Å². The van der Waals surface area contributed by atoms with Crippen LogP contribution in [0.15, 0.2) is 35.4 Å². The fourth-order valence-electron chi connectivity index (χ4n) is 1.56. The topological polar surface area (TPSA) is 70.4 Å². The molecule has 1 aromatic carbocycles. The van der Waals surface area contributed by atoms with Crippen molar-refractivity contribution in [1.29, 1.82) is 0 Å². The van der Waals surface area contributed by atoms with Crippen LogP contribution in [-0.2, 0) is 9.53 Å². The van der Waals surface area contributed by atoms with Crippen LogP contribution < -0.4 is 10.3 Å². The van der Waals surface area contributed by atoms with Gasteiger partial charge in [-0.05, 0) is 18.2 Å². The summed E-state index contributed by atoms with van der Waals surface area (Å²) in [5, 5.41) is 0.413. The molecule has 19 heavy (non-hydrogen) atoms. The van der Waals surface area contributed by atoms with E-state index in [1.807, 2.05) is 0 Å². The van der Waals surface area contributed by atoms with E-state index >= 15 is 0 Å². The molecule has 0 radical (unpaired) electrons. The molecule has 98 valence electrons. The molecule has 1 aromatic heterocycles. The van der Waals surface area contributed by atoms with E-state index in [1.165, 1.54) is 31.3 Å². The Bertz CT molecular complexity index is 703. The first kappa shape index (κ1) is 12.8. The number of fused-ring (bicyclic) bond motifs is 1. The van der Waals surface area contributed by atoms with Gasteiger partial charge in [0.25, 0.3) is 5.56 Å². The lowest BCUT2D eigenvalue weighted by Gasteiger charge is -2.03. The van der Waals surface area contributed by atoms with Crippen LogP contribution in [0, 0.1) is 0 Å². The number of hydrogen-bond donors (Lipinski definition) is 0. The van der Waals surface area contributed by atoms with E-state index in [0.29, 0.717) is 16.7 Å². The summed E-state index contributed by atoms with van der Waals surface area (Å²) < 4.78 is 10.7. The molecule has 0 unspecified atom stereocenters. The minimum Gasteiger partial charge on any atom is -0.497 e. The number of carbonyl (C=O) groups is 1. The summed E-state index contributed by atoms with van der Waals surface area (Å²) in [6.45, 7) is 0. The number of aromatic nitrogens is 2. The normalized spacial score (nSPS) is 10.8. The van der Waals surface area contributed by atoms with Crippen molar-refractivity contribution < 1.29 is 14.3 Å². The number of esters is 1. The molecule has 0 saturated heterocycles. The summed E-state index contributed by atoms with van der Waals surface area (Å²) >= 11 is 0. The summed E-state index contributed by atoms with van der Waals surface area (Å²) in [4.78, 5) is 27.3. The van der Waals surface area contributed by atoms with Crippen molar-refractivity contribution in [3.63, 3.8) is 0 Å². The average Bonchev–Trinajstić information content (AvgIpc) is 2.46. The van der Waals surface area contributed by atoms with Gasteiger partial charge in [-0.3, -0.25) is 9.36 Å². The molecule has 0 fully saturated rings. The Morgan fingerprint density at radius 3 is 2.84 bits per heavy atom. The molecule has 0 bridgehead atoms. The summed E-state index contributed by atoms with van der Waals surface area (Å²) in [7, 11) is 2.78. The average molecular weight is 260 g/mol. The van der Waals surface area contributed by atoms with Gasteiger partial charge in [-0.15, -0.1) is 0 Å². The third-order valence-corrected chi connectivity index (χ3v) is 2.56. The maximum absolute atomic E-state index is 12.2. The number of nitrogens with zero attached hydrogens (tertiary/aromatic N) is 2. The summed E-state index contributed by atoms with van der Waals surface area (Å²) in [6.07, 6.45) is 3.80. The second-order valence-corrected chi connectivity index (χ2v) is 3.68. The van der Waals surface area contributed by atoms with Gasteiger partial charge in [0.2, 0.25) is 0 Å². The van der Waals surface area contributed by atoms with Gasteiger partial charge in [0.1, 0.15) is 12.1 Å². The van der Waals surface area contributed by atoms with E-state index < -0.39 is 5.97 Å². The van der Waals surface area contributed by atoms with Crippen LogP contribution in [0.4, 0.5) is 0 Å². The highest BCUT2D eigenvalue weighted by Gasteiger charge is 2.04. The minimum atomic E-state index is -0.544. The summed E-state index contributed by atoms with van der Waals surface area (Å²) in [6, 6.07) is 5.03. The van der Waals surface area contributed by atoms with E-state index in [4.69, 9.17) is 4.74 Å². The Morgan fingerprint density at radius 2 is 2.16 bits per heavy atom. The molecule has 6 heteroatoms. The largest absolute Gasteiger partial charge is 0.497 e. The van der Waals surface area contributed by atoms with Crippen molar-refractivity contribution in [3.8, 4) is 5.75 Å². The number of benzene rings is 1. The number of methoxy groups -OCH3 is 2. The monoisotopic (exact) mass is 260 g/mol. The molecule has 2 aromatic rings. The third kappa shape index (κ3) is 2.62. The summed E-state index contributed by atoms with van der Waals surface area (Å²) in [5.74, 6) is 0.0266. The molecule has 0 aliphatic carbocycles. The van der Waals surface area contributed by atoms with Crippen molar-refractivity contribution in [2.45, 2.75) is 0 Å². The van der Waals surface area contributed by atoms with Crippen LogP contribution in [0.2, 0.25) is 0 Å². The van der Waals surface area contributed by atoms with Gasteiger partial charge in [0.15, 0.2) is 0 Å². The van der Waals surface area contributed by atoms with Gasteiger partial charge in [-0.2, -0.15) is 0 Å². The zero-order valence-electron chi connectivity index (χ0n) is 10.5.